The minimum atomic E-state index is 0.243. The summed E-state index contributed by atoms with van der Waals surface area (Å²) in [5.74, 6) is 0.243. The lowest BCUT2D eigenvalue weighted by atomic mass is 10.0. The third-order valence-corrected chi connectivity index (χ3v) is 2.02. The fraction of sp³-hybridized carbons (Fsp3) is 0.364. The molecule has 0 heterocycles. The summed E-state index contributed by atoms with van der Waals surface area (Å²) >= 11 is 0. The zero-order chi connectivity index (χ0) is 8.97. The van der Waals surface area contributed by atoms with E-state index in [1.54, 1.807) is 0 Å². The number of Topliss-reactive ketones (excluding diaryl/α,β-unsaturated/α-hetero) is 1. The summed E-state index contributed by atoms with van der Waals surface area (Å²) in [6, 6.07) is 7.82. The van der Waals surface area contributed by atoms with Crippen LogP contribution in [0.3, 0.4) is 0 Å². The molecule has 1 nitrogen and oxygen atoms in total. The fourth-order valence-electron chi connectivity index (χ4n) is 1.29. The average Bonchev–Trinajstić information content (AvgIpc) is 2.16. The first-order chi connectivity index (χ1) is 5.79. The minimum absolute atomic E-state index is 0.243. The predicted molar refractivity (Wildman–Crippen MR) is 50.4 cm³/mol. The zero-order valence-corrected chi connectivity index (χ0v) is 7.63. The van der Waals surface area contributed by atoms with E-state index in [9.17, 15) is 4.79 Å². The SMILES string of the molecule is CCC(=O)c1ccccc1CC. The van der Waals surface area contributed by atoms with Crippen LogP contribution in [0.1, 0.15) is 36.2 Å². The summed E-state index contributed by atoms with van der Waals surface area (Å²) in [6.45, 7) is 3.97. The summed E-state index contributed by atoms with van der Waals surface area (Å²) in [4.78, 5) is 11.4. The molecule has 0 aromatic heterocycles. The number of ketones is 1. The van der Waals surface area contributed by atoms with Gasteiger partial charge < -0.3 is 0 Å². The Morgan fingerprint density at radius 1 is 1.25 bits per heavy atom. The van der Waals surface area contributed by atoms with Crippen LogP contribution in [0.2, 0.25) is 0 Å². The maximum atomic E-state index is 11.4. The predicted octanol–water partition coefficient (Wildman–Crippen LogP) is 2.84. The van der Waals surface area contributed by atoms with E-state index < -0.39 is 0 Å². The lowest BCUT2D eigenvalue weighted by Gasteiger charge is -2.03. The molecule has 1 rings (SSSR count). The molecule has 0 N–H and O–H groups in total. The molecule has 0 aliphatic heterocycles. The second kappa shape index (κ2) is 4.05. The summed E-state index contributed by atoms with van der Waals surface area (Å²) in [6.07, 6.45) is 1.53. The lowest BCUT2D eigenvalue weighted by molar-refractivity contribution is 0.0987. The Morgan fingerprint density at radius 3 is 2.50 bits per heavy atom. The number of aryl methyl sites for hydroxylation is 1. The molecular formula is C11H14O. The molecule has 0 atom stereocenters. The highest BCUT2D eigenvalue weighted by molar-refractivity contribution is 5.97. The van der Waals surface area contributed by atoms with E-state index in [1.807, 2.05) is 31.2 Å². The number of hydrogen-bond acceptors (Lipinski definition) is 1. The Kier molecular flexibility index (Phi) is 3.03. The van der Waals surface area contributed by atoms with Gasteiger partial charge in [0.25, 0.3) is 0 Å². The van der Waals surface area contributed by atoms with Crippen molar-refractivity contribution in [3.05, 3.63) is 35.4 Å². The van der Waals surface area contributed by atoms with Crippen LogP contribution in [0.25, 0.3) is 0 Å². The van der Waals surface area contributed by atoms with Crippen molar-refractivity contribution in [1.82, 2.24) is 0 Å². The second-order valence-corrected chi connectivity index (χ2v) is 2.79. The monoisotopic (exact) mass is 162 g/mol. The van der Waals surface area contributed by atoms with Gasteiger partial charge in [-0.15, -0.1) is 0 Å². The molecule has 0 saturated carbocycles. The van der Waals surface area contributed by atoms with Crippen molar-refractivity contribution in [3.8, 4) is 0 Å². The zero-order valence-electron chi connectivity index (χ0n) is 7.63. The van der Waals surface area contributed by atoms with Gasteiger partial charge >= 0.3 is 0 Å². The minimum Gasteiger partial charge on any atom is -0.294 e. The highest BCUT2D eigenvalue weighted by Crippen LogP contribution is 2.11. The van der Waals surface area contributed by atoms with E-state index in [0.717, 1.165) is 17.5 Å². The van der Waals surface area contributed by atoms with Crippen molar-refractivity contribution in [2.75, 3.05) is 0 Å². The van der Waals surface area contributed by atoms with Crippen molar-refractivity contribution in [3.63, 3.8) is 0 Å². The van der Waals surface area contributed by atoms with Gasteiger partial charge in [-0.05, 0) is 12.0 Å². The van der Waals surface area contributed by atoms with E-state index in [-0.39, 0.29) is 5.78 Å². The molecule has 1 aromatic rings. The standard InChI is InChI=1S/C11H14O/c1-3-9-7-5-6-8-10(9)11(12)4-2/h5-8H,3-4H2,1-2H3. The van der Waals surface area contributed by atoms with Gasteiger partial charge in [0, 0.05) is 12.0 Å². The van der Waals surface area contributed by atoms with Crippen LogP contribution in [0.4, 0.5) is 0 Å². The molecule has 64 valence electrons. The highest BCUT2D eigenvalue weighted by Gasteiger charge is 2.05. The smallest absolute Gasteiger partial charge is 0.162 e. The summed E-state index contributed by atoms with van der Waals surface area (Å²) < 4.78 is 0. The molecule has 0 bridgehead atoms. The van der Waals surface area contributed by atoms with Crippen molar-refractivity contribution in [1.29, 1.82) is 0 Å². The Balaban J connectivity index is 3.04. The highest BCUT2D eigenvalue weighted by atomic mass is 16.1. The first-order valence-electron chi connectivity index (χ1n) is 4.40. The Bertz CT molecular complexity index is 276. The van der Waals surface area contributed by atoms with Gasteiger partial charge in [-0.1, -0.05) is 38.1 Å². The maximum absolute atomic E-state index is 11.4. The van der Waals surface area contributed by atoms with Crippen LogP contribution in [-0.2, 0) is 6.42 Å². The van der Waals surface area contributed by atoms with Gasteiger partial charge in [0.2, 0.25) is 0 Å². The van der Waals surface area contributed by atoms with Crippen LogP contribution < -0.4 is 0 Å². The molecule has 0 spiro atoms. The van der Waals surface area contributed by atoms with E-state index in [1.165, 1.54) is 0 Å². The van der Waals surface area contributed by atoms with E-state index in [0.29, 0.717) is 6.42 Å². The molecule has 1 aromatic carbocycles. The summed E-state index contributed by atoms with van der Waals surface area (Å²) in [7, 11) is 0. The van der Waals surface area contributed by atoms with Crippen molar-refractivity contribution >= 4 is 5.78 Å². The van der Waals surface area contributed by atoms with E-state index >= 15 is 0 Å². The van der Waals surface area contributed by atoms with Gasteiger partial charge in [-0.3, -0.25) is 4.79 Å². The fourth-order valence-corrected chi connectivity index (χ4v) is 1.29. The molecule has 1 heteroatoms. The van der Waals surface area contributed by atoms with Crippen molar-refractivity contribution < 1.29 is 4.79 Å². The summed E-state index contributed by atoms with van der Waals surface area (Å²) in [5.41, 5.74) is 2.05. The van der Waals surface area contributed by atoms with Crippen molar-refractivity contribution in [2.45, 2.75) is 26.7 Å². The number of hydrogen-bond donors (Lipinski definition) is 0. The number of carbonyl (C=O) groups is 1. The molecule has 0 radical (unpaired) electrons. The normalized spacial score (nSPS) is 9.83. The molecule has 12 heavy (non-hydrogen) atoms. The molecule has 0 fully saturated rings. The first kappa shape index (κ1) is 8.98. The average molecular weight is 162 g/mol. The van der Waals surface area contributed by atoms with Gasteiger partial charge in [0.15, 0.2) is 5.78 Å². The third kappa shape index (κ3) is 1.73. The van der Waals surface area contributed by atoms with Gasteiger partial charge in [0.05, 0.1) is 0 Å². The van der Waals surface area contributed by atoms with Crippen molar-refractivity contribution in [2.24, 2.45) is 0 Å². The number of rotatable bonds is 3. The topological polar surface area (TPSA) is 17.1 Å². The van der Waals surface area contributed by atoms with E-state index in [2.05, 4.69) is 6.92 Å². The first-order valence-corrected chi connectivity index (χ1v) is 4.40. The Labute approximate surface area is 73.4 Å². The summed E-state index contributed by atoms with van der Waals surface area (Å²) in [5, 5.41) is 0. The largest absolute Gasteiger partial charge is 0.294 e. The molecule has 0 aliphatic rings. The van der Waals surface area contributed by atoms with Crippen LogP contribution in [0.5, 0.6) is 0 Å². The number of benzene rings is 1. The quantitative estimate of drug-likeness (QED) is 0.624. The molecule has 0 amide bonds. The third-order valence-electron chi connectivity index (χ3n) is 2.02. The van der Waals surface area contributed by atoms with Crippen LogP contribution in [0, 0.1) is 0 Å². The van der Waals surface area contributed by atoms with Crippen LogP contribution in [-0.4, -0.2) is 5.78 Å². The molecule has 0 aliphatic carbocycles. The van der Waals surface area contributed by atoms with Gasteiger partial charge in [0.1, 0.15) is 0 Å². The van der Waals surface area contributed by atoms with Gasteiger partial charge in [-0.2, -0.15) is 0 Å². The van der Waals surface area contributed by atoms with Crippen LogP contribution in [0.15, 0.2) is 24.3 Å². The van der Waals surface area contributed by atoms with E-state index in [4.69, 9.17) is 0 Å². The number of carbonyl (C=O) groups excluding carboxylic acids is 1. The molecule has 0 saturated heterocycles. The maximum Gasteiger partial charge on any atom is 0.162 e. The van der Waals surface area contributed by atoms with Gasteiger partial charge in [-0.25, -0.2) is 0 Å². The van der Waals surface area contributed by atoms with Crippen LogP contribution >= 0.6 is 0 Å². The Hall–Kier alpha value is -1.11. The molecule has 0 unspecified atom stereocenters. The Morgan fingerprint density at radius 2 is 1.92 bits per heavy atom. The molecular weight excluding hydrogens is 148 g/mol. The second-order valence-electron chi connectivity index (χ2n) is 2.79. The lowest BCUT2D eigenvalue weighted by Crippen LogP contribution is -2.00.